The highest BCUT2D eigenvalue weighted by molar-refractivity contribution is 5.47. The summed E-state index contributed by atoms with van der Waals surface area (Å²) >= 11 is 0. The van der Waals surface area contributed by atoms with Gasteiger partial charge in [0.05, 0.1) is 5.69 Å². The molecule has 0 radical (unpaired) electrons. The lowest BCUT2D eigenvalue weighted by molar-refractivity contribution is 0.363. The molecule has 0 spiro atoms. The largest absolute Gasteiger partial charge is 0.490 e. The second-order valence-electron chi connectivity index (χ2n) is 2.25. The van der Waals surface area contributed by atoms with E-state index < -0.39 is 0 Å². The summed E-state index contributed by atoms with van der Waals surface area (Å²) < 4.78 is 5.27. The zero-order chi connectivity index (χ0) is 8.81. The molecule has 2 nitrogen and oxygen atoms in total. The summed E-state index contributed by atoms with van der Waals surface area (Å²) in [7, 11) is 0. The van der Waals surface area contributed by atoms with Gasteiger partial charge in [-0.15, -0.1) is 0 Å². The maximum atomic E-state index is 5.27. The minimum Gasteiger partial charge on any atom is -0.490 e. The number of rotatable bonds is 4. The highest BCUT2D eigenvalue weighted by Crippen LogP contribution is 2.16. The summed E-state index contributed by atoms with van der Waals surface area (Å²) in [6, 6.07) is 7.41. The van der Waals surface area contributed by atoms with Crippen molar-refractivity contribution in [2.24, 2.45) is 4.99 Å². The maximum Gasteiger partial charge on any atom is 0.119 e. The third-order valence-electron chi connectivity index (χ3n) is 1.39. The molecule has 0 fully saturated rings. The monoisotopic (exact) mass is 161 g/mol. The molecule has 0 aromatic heterocycles. The second kappa shape index (κ2) is 4.34. The summed E-state index contributed by atoms with van der Waals surface area (Å²) in [6.45, 7) is 7.50. The van der Waals surface area contributed by atoms with Gasteiger partial charge in [0.1, 0.15) is 12.4 Å². The first kappa shape index (κ1) is 8.53. The lowest BCUT2D eigenvalue weighted by Gasteiger charge is -2.01. The van der Waals surface area contributed by atoms with E-state index in [2.05, 4.69) is 18.3 Å². The van der Waals surface area contributed by atoms with E-state index in [9.17, 15) is 0 Å². The minimum absolute atomic E-state index is 0.529. The van der Waals surface area contributed by atoms with Crippen molar-refractivity contribution in [3.63, 3.8) is 0 Å². The Kier molecular flexibility index (Phi) is 3.08. The quantitative estimate of drug-likeness (QED) is 0.491. The Morgan fingerprint density at radius 1 is 1.33 bits per heavy atom. The summed E-state index contributed by atoms with van der Waals surface area (Å²) in [4.78, 5) is 3.77. The Morgan fingerprint density at radius 3 is 2.50 bits per heavy atom. The standard InChI is InChI=1S/C10H11NO/c1-3-8-12-10-6-4-9(11-2)5-7-10/h3-7H,1-2,8H2. The predicted octanol–water partition coefficient (Wildman–Crippen LogP) is 2.58. The molecular formula is C10H11NO. The zero-order valence-corrected chi connectivity index (χ0v) is 6.86. The van der Waals surface area contributed by atoms with Crippen LogP contribution >= 0.6 is 0 Å². The van der Waals surface area contributed by atoms with E-state index >= 15 is 0 Å². The summed E-state index contributed by atoms with van der Waals surface area (Å²) in [6.07, 6.45) is 1.71. The van der Waals surface area contributed by atoms with E-state index in [1.807, 2.05) is 24.3 Å². The first-order chi connectivity index (χ1) is 5.86. The SMILES string of the molecule is C=CCOc1ccc(N=C)cc1. The van der Waals surface area contributed by atoms with Crippen LogP contribution in [0.2, 0.25) is 0 Å². The van der Waals surface area contributed by atoms with Gasteiger partial charge >= 0.3 is 0 Å². The van der Waals surface area contributed by atoms with Gasteiger partial charge in [0.25, 0.3) is 0 Å². The van der Waals surface area contributed by atoms with Gasteiger partial charge in [-0.1, -0.05) is 12.7 Å². The zero-order valence-electron chi connectivity index (χ0n) is 6.86. The Morgan fingerprint density at radius 2 is 2.00 bits per heavy atom. The molecule has 0 heterocycles. The second-order valence-corrected chi connectivity index (χ2v) is 2.25. The molecule has 1 aromatic rings. The molecule has 0 unspecified atom stereocenters. The molecule has 0 amide bonds. The normalized spacial score (nSPS) is 9.00. The van der Waals surface area contributed by atoms with Gasteiger partial charge in [-0.2, -0.15) is 0 Å². The van der Waals surface area contributed by atoms with Gasteiger partial charge < -0.3 is 4.74 Å². The molecule has 12 heavy (non-hydrogen) atoms. The van der Waals surface area contributed by atoms with E-state index in [4.69, 9.17) is 4.74 Å². The average Bonchev–Trinajstić information content (AvgIpc) is 2.15. The Balaban J connectivity index is 2.64. The summed E-state index contributed by atoms with van der Waals surface area (Å²) in [5.74, 6) is 0.822. The molecule has 0 aliphatic heterocycles. The Hall–Kier alpha value is -1.57. The van der Waals surface area contributed by atoms with Crippen molar-refractivity contribution in [1.82, 2.24) is 0 Å². The van der Waals surface area contributed by atoms with Crippen molar-refractivity contribution in [2.45, 2.75) is 0 Å². The first-order valence-electron chi connectivity index (χ1n) is 3.67. The number of aliphatic imine (C=N–C) groups is 1. The average molecular weight is 161 g/mol. The van der Waals surface area contributed by atoms with Crippen molar-refractivity contribution < 1.29 is 4.74 Å². The fourth-order valence-electron chi connectivity index (χ4n) is 0.803. The smallest absolute Gasteiger partial charge is 0.119 e. The van der Waals surface area contributed by atoms with Crippen LogP contribution in [0.15, 0.2) is 41.9 Å². The maximum absolute atomic E-state index is 5.27. The van der Waals surface area contributed by atoms with E-state index in [1.165, 1.54) is 0 Å². The molecule has 62 valence electrons. The number of nitrogens with zero attached hydrogens (tertiary/aromatic N) is 1. The Labute approximate surface area is 72.2 Å². The van der Waals surface area contributed by atoms with Gasteiger partial charge in [-0.25, -0.2) is 0 Å². The molecule has 0 aliphatic rings. The lowest BCUT2D eigenvalue weighted by Crippen LogP contribution is -1.91. The fourth-order valence-corrected chi connectivity index (χ4v) is 0.803. The van der Waals surface area contributed by atoms with Crippen LogP contribution in [-0.2, 0) is 0 Å². The van der Waals surface area contributed by atoms with Crippen LogP contribution in [0.1, 0.15) is 0 Å². The van der Waals surface area contributed by atoms with E-state index in [0.29, 0.717) is 6.61 Å². The predicted molar refractivity (Wildman–Crippen MR) is 51.3 cm³/mol. The number of ether oxygens (including phenoxy) is 1. The molecule has 1 aromatic carbocycles. The van der Waals surface area contributed by atoms with Crippen LogP contribution in [0.3, 0.4) is 0 Å². The molecule has 0 N–H and O–H groups in total. The molecule has 0 bridgehead atoms. The van der Waals surface area contributed by atoms with Crippen LogP contribution in [0.25, 0.3) is 0 Å². The van der Waals surface area contributed by atoms with Gasteiger partial charge in [-0.3, -0.25) is 4.99 Å². The molecular weight excluding hydrogens is 150 g/mol. The number of hydrogen-bond acceptors (Lipinski definition) is 2. The molecule has 0 aliphatic carbocycles. The first-order valence-corrected chi connectivity index (χ1v) is 3.67. The third kappa shape index (κ3) is 2.23. The van der Waals surface area contributed by atoms with E-state index in [1.54, 1.807) is 6.08 Å². The van der Waals surface area contributed by atoms with Gasteiger partial charge in [-0.05, 0) is 31.0 Å². The van der Waals surface area contributed by atoms with Crippen molar-refractivity contribution in [2.75, 3.05) is 6.61 Å². The molecule has 1 rings (SSSR count). The highest BCUT2D eigenvalue weighted by Gasteiger charge is 1.90. The number of benzene rings is 1. The third-order valence-corrected chi connectivity index (χ3v) is 1.39. The van der Waals surface area contributed by atoms with Gasteiger partial charge in [0.2, 0.25) is 0 Å². The fraction of sp³-hybridized carbons (Fsp3) is 0.100. The van der Waals surface area contributed by atoms with Crippen LogP contribution in [0.5, 0.6) is 5.75 Å². The minimum atomic E-state index is 0.529. The van der Waals surface area contributed by atoms with Crippen molar-refractivity contribution in [3.8, 4) is 5.75 Å². The van der Waals surface area contributed by atoms with E-state index in [-0.39, 0.29) is 0 Å². The topological polar surface area (TPSA) is 21.6 Å². The van der Waals surface area contributed by atoms with Crippen LogP contribution in [-0.4, -0.2) is 13.3 Å². The van der Waals surface area contributed by atoms with Crippen molar-refractivity contribution in [1.29, 1.82) is 0 Å². The van der Waals surface area contributed by atoms with Crippen molar-refractivity contribution >= 4 is 12.4 Å². The number of hydrogen-bond donors (Lipinski definition) is 0. The van der Waals surface area contributed by atoms with E-state index in [0.717, 1.165) is 11.4 Å². The molecule has 2 heteroatoms. The lowest BCUT2D eigenvalue weighted by atomic mass is 10.3. The molecule has 0 saturated heterocycles. The van der Waals surface area contributed by atoms with Crippen LogP contribution < -0.4 is 4.74 Å². The van der Waals surface area contributed by atoms with Gasteiger partial charge in [0, 0.05) is 0 Å². The summed E-state index contributed by atoms with van der Waals surface area (Å²) in [5, 5.41) is 0. The van der Waals surface area contributed by atoms with Crippen LogP contribution in [0.4, 0.5) is 5.69 Å². The highest BCUT2D eigenvalue weighted by atomic mass is 16.5. The molecule has 0 saturated carbocycles. The van der Waals surface area contributed by atoms with Crippen molar-refractivity contribution in [3.05, 3.63) is 36.9 Å². The molecule has 0 atom stereocenters. The van der Waals surface area contributed by atoms with Crippen LogP contribution in [0, 0.1) is 0 Å². The summed E-state index contributed by atoms with van der Waals surface area (Å²) in [5.41, 5.74) is 0.848. The van der Waals surface area contributed by atoms with Gasteiger partial charge in [0.15, 0.2) is 0 Å². The Bertz CT molecular complexity index is 264.